The molecule has 0 amide bonds. The average Bonchev–Trinajstić information content (AvgIpc) is 3.38. The van der Waals surface area contributed by atoms with Crippen LogP contribution in [0.1, 0.15) is 113 Å². The van der Waals surface area contributed by atoms with Crippen LogP contribution < -0.4 is 0 Å². The number of nitrogens with zero attached hydrogens (tertiary/aromatic N) is 1. The molecule has 0 aliphatic heterocycles. The van der Waals surface area contributed by atoms with Crippen molar-refractivity contribution in [3.63, 3.8) is 0 Å². The Kier molecular flexibility index (Phi) is 9.77. The molecule has 1 aromatic rings. The van der Waals surface area contributed by atoms with Crippen molar-refractivity contribution >= 4 is 5.97 Å². The fourth-order valence-corrected chi connectivity index (χ4v) is 7.30. The zero-order valence-electron chi connectivity index (χ0n) is 21.7. The highest BCUT2D eigenvalue weighted by Crippen LogP contribution is 2.42. The highest BCUT2D eigenvalue weighted by Gasteiger charge is 2.37. The van der Waals surface area contributed by atoms with Crippen LogP contribution in [-0.2, 0) is 11.0 Å². The summed E-state index contributed by atoms with van der Waals surface area (Å²) in [5.41, 5.74) is 0.322. The van der Waals surface area contributed by atoms with Crippen molar-refractivity contribution in [3.05, 3.63) is 35.4 Å². The minimum Gasteiger partial charge on any atom is -0.481 e. The van der Waals surface area contributed by atoms with Crippen molar-refractivity contribution < 1.29 is 23.1 Å². The third-order valence-electron chi connectivity index (χ3n) is 9.37. The Morgan fingerprint density at radius 1 is 0.806 bits per heavy atom. The lowest BCUT2D eigenvalue weighted by Gasteiger charge is -2.44. The number of rotatable bonds is 10. The van der Waals surface area contributed by atoms with Crippen LogP contribution in [0.2, 0.25) is 0 Å². The average molecular weight is 508 g/mol. The number of hydrogen-bond donors (Lipinski definition) is 1. The quantitative estimate of drug-likeness (QED) is 0.346. The summed E-state index contributed by atoms with van der Waals surface area (Å²) in [6.45, 7) is 2.12. The number of halogens is 3. The minimum absolute atomic E-state index is 0.0836. The molecule has 3 aliphatic rings. The van der Waals surface area contributed by atoms with E-state index < -0.39 is 17.7 Å². The van der Waals surface area contributed by atoms with Gasteiger partial charge in [-0.05, 0) is 86.6 Å². The van der Waals surface area contributed by atoms with Crippen molar-refractivity contribution in [2.45, 2.75) is 114 Å². The van der Waals surface area contributed by atoms with Gasteiger partial charge in [-0.1, -0.05) is 69.9 Å². The van der Waals surface area contributed by atoms with Gasteiger partial charge in [0.05, 0.1) is 5.56 Å². The minimum atomic E-state index is -4.34. The van der Waals surface area contributed by atoms with Gasteiger partial charge in [0, 0.05) is 12.5 Å². The molecule has 3 atom stereocenters. The number of carboxylic acid groups (broad SMARTS) is 1. The second-order valence-electron chi connectivity index (χ2n) is 11.8. The van der Waals surface area contributed by atoms with Crippen LogP contribution in [0.5, 0.6) is 0 Å². The maximum absolute atomic E-state index is 13.2. The van der Waals surface area contributed by atoms with Crippen LogP contribution in [-0.4, -0.2) is 35.1 Å². The molecule has 0 bridgehead atoms. The Bertz CT molecular complexity index is 812. The maximum atomic E-state index is 13.2. The van der Waals surface area contributed by atoms with Gasteiger partial charge < -0.3 is 5.11 Å². The van der Waals surface area contributed by atoms with Gasteiger partial charge in [-0.25, -0.2) is 0 Å². The predicted molar refractivity (Wildman–Crippen MR) is 137 cm³/mol. The van der Waals surface area contributed by atoms with Crippen molar-refractivity contribution in [2.24, 2.45) is 17.8 Å². The van der Waals surface area contributed by atoms with Gasteiger partial charge in [-0.2, -0.15) is 13.2 Å². The van der Waals surface area contributed by atoms with Crippen molar-refractivity contribution in [1.82, 2.24) is 4.90 Å². The van der Waals surface area contributed by atoms with E-state index in [2.05, 4.69) is 4.90 Å². The van der Waals surface area contributed by atoms with Gasteiger partial charge in [0.15, 0.2) is 0 Å². The molecule has 202 valence electrons. The number of alkyl halides is 3. The SMILES string of the molecule is O=C(O)C[C@@H]1CC[C@@H](N(CCC2CCCCC2)CCC2CCCC2)[C@H](c2ccc(C(F)(F)F)cc2)C1. The predicted octanol–water partition coefficient (Wildman–Crippen LogP) is 8.29. The first-order valence-corrected chi connectivity index (χ1v) is 14.4. The Morgan fingerprint density at radius 2 is 1.36 bits per heavy atom. The lowest BCUT2D eigenvalue weighted by molar-refractivity contribution is -0.139. The normalized spacial score (nSPS) is 26.5. The Balaban J connectivity index is 1.53. The zero-order chi connectivity index (χ0) is 25.5. The molecule has 0 saturated heterocycles. The monoisotopic (exact) mass is 507 g/mol. The molecule has 0 spiro atoms. The van der Waals surface area contributed by atoms with Crippen molar-refractivity contribution in [3.8, 4) is 0 Å². The third-order valence-corrected chi connectivity index (χ3v) is 9.37. The van der Waals surface area contributed by atoms with Crippen molar-refractivity contribution in [1.29, 1.82) is 0 Å². The number of carboxylic acids is 1. The van der Waals surface area contributed by atoms with Crippen LogP contribution in [0.3, 0.4) is 0 Å². The van der Waals surface area contributed by atoms with Crippen LogP contribution in [0.4, 0.5) is 13.2 Å². The molecule has 3 saturated carbocycles. The molecule has 0 radical (unpaired) electrons. The largest absolute Gasteiger partial charge is 0.481 e. The zero-order valence-corrected chi connectivity index (χ0v) is 21.7. The summed E-state index contributed by atoms with van der Waals surface area (Å²) in [5, 5.41) is 9.42. The van der Waals surface area contributed by atoms with Gasteiger partial charge in [0.2, 0.25) is 0 Å². The molecule has 36 heavy (non-hydrogen) atoms. The summed E-state index contributed by atoms with van der Waals surface area (Å²) in [6.07, 6.45) is 12.8. The Hall–Kier alpha value is -1.56. The second-order valence-corrected chi connectivity index (χ2v) is 11.8. The molecule has 3 fully saturated rings. The van der Waals surface area contributed by atoms with Crippen LogP contribution in [0, 0.1) is 17.8 Å². The Morgan fingerprint density at radius 3 is 1.89 bits per heavy atom. The third kappa shape index (κ3) is 7.72. The van der Waals surface area contributed by atoms with E-state index in [1.54, 1.807) is 12.1 Å². The van der Waals surface area contributed by atoms with Crippen LogP contribution in [0.25, 0.3) is 0 Å². The highest BCUT2D eigenvalue weighted by molar-refractivity contribution is 5.67. The first-order chi connectivity index (χ1) is 17.3. The topological polar surface area (TPSA) is 40.5 Å². The molecule has 4 rings (SSSR count). The molecule has 3 nitrogen and oxygen atoms in total. The molecule has 1 aromatic carbocycles. The molecular weight excluding hydrogens is 463 g/mol. The summed E-state index contributed by atoms with van der Waals surface area (Å²) in [4.78, 5) is 14.1. The van der Waals surface area contributed by atoms with E-state index in [1.165, 1.54) is 82.8 Å². The number of aliphatic carboxylic acids is 1. The first kappa shape index (κ1) is 27.5. The summed E-state index contributed by atoms with van der Waals surface area (Å²) in [7, 11) is 0. The van der Waals surface area contributed by atoms with Crippen LogP contribution >= 0.6 is 0 Å². The van der Waals surface area contributed by atoms with Gasteiger partial charge in [0.1, 0.15) is 0 Å². The molecular formula is C30H44F3NO2. The van der Waals surface area contributed by atoms with E-state index >= 15 is 0 Å². The number of benzene rings is 1. The molecule has 0 unspecified atom stereocenters. The number of hydrogen-bond acceptors (Lipinski definition) is 2. The summed E-state index contributed by atoms with van der Waals surface area (Å²) < 4.78 is 39.7. The van der Waals surface area contributed by atoms with E-state index in [0.717, 1.165) is 49.8 Å². The number of carbonyl (C=O) groups is 1. The lowest BCUT2D eigenvalue weighted by atomic mass is 9.72. The van der Waals surface area contributed by atoms with E-state index in [0.29, 0.717) is 0 Å². The van der Waals surface area contributed by atoms with Gasteiger partial charge >= 0.3 is 12.1 Å². The van der Waals surface area contributed by atoms with E-state index in [4.69, 9.17) is 0 Å². The van der Waals surface area contributed by atoms with Crippen molar-refractivity contribution in [2.75, 3.05) is 13.1 Å². The standard InChI is InChI=1S/C30H44F3NO2/c31-30(32,33)26-13-11-25(12-14-26)27-20-24(21-29(35)36)10-15-28(27)34(19-17-23-8-4-5-9-23)18-16-22-6-2-1-3-7-22/h11-14,22-24,27-28H,1-10,15-21H2,(H,35,36)/t24-,27+,28-/m1/s1. The maximum Gasteiger partial charge on any atom is 0.416 e. The van der Waals surface area contributed by atoms with E-state index in [-0.39, 0.29) is 24.3 Å². The molecule has 0 aromatic heterocycles. The lowest BCUT2D eigenvalue weighted by Crippen LogP contribution is -2.45. The summed E-state index contributed by atoms with van der Waals surface area (Å²) in [5.74, 6) is 0.983. The molecule has 1 N–H and O–H groups in total. The first-order valence-electron chi connectivity index (χ1n) is 14.4. The molecule has 6 heteroatoms. The van der Waals surface area contributed by atoms with Crippen LogP contribution in [0.15, 0.2) is 24.3 Å². The Labute approximate surface area is 214 Å². The van der Waals surface area contributed by atoms with E-state index in [1.807, 2.05) is 0 Å². The van der Waals surface area contributed by atoms with Gasteiger partial charge in [-0.15, -0.1) is 0 Å². The fourth-order valence-electron chi connectivity index (χ4n) is 7.30. The summed E-state index contributed by atoms with van der Waals surface area (Å²) in [6, 6.07) is 5.99. The molecule has 0 heterocycles. The highest BCUT2D eigenvalue weighted by atomic mass is 19.4. The fraction of sp³-hybridized carbons (Fsp3) is 0.767. The van der Waals surface area contributed by atoms with E-state index in [9.17, 15) is 23.1 Å². The summed E-state index contributed by atoms with van der Waals surface area (Å²) >= 11 is 0. The van der Waals surface area contributed by atoms with Gasteiger partial charge in [0.25, 0.3) is 0 Å². The molecule has 3 aliphatic carbocycles. The van der Waals surface area contributed by atoms with Gasteiger partial charge in [-0.3, -0.25) is 9.69 Å². The smallest absolute Gasteiger partial charge is 0.416 e. The second kappa shape index (κ2) is 12.8.